The van der Waals surface area contributed by atoms with Crippen molar-refractivity contribution in [3.8, 4) is 0 Å². The van der Waals surface area contributed by atoms with E-state index in [9.17, 15) is 9.59 Å². The highest BCUT2D eigenvalue weighted by atomic mass is 35.5. The van der Waals surface area contributed by atoms with Crippen LogP contribution in [0.25, 0.3) is 0 Å². The summed E-state index contributed by atoms with van der Waals surface area (Å²) in [5, 5.41) is 12.2. The summed E-state index contributed by atoms with van der Waals surface area (Å²) in [6, 6.07) is 5.97. The van der Waals surface area contributed by atoms with Crippen molar-refractivity contribution in [1.29, 1.82) is 0 Å². The fourth-order valence-corrected chi connectivity index (χ4v) is 3.52. The Balaban J connectivity index is 1.93. The number of hydrogen-bond donors (Lipinski definition) is 2. The van der Waals surface area contributed by atoms with Crippen LogP contribution in [-0.4, -0.2) is 35.6 Å². The number of anilines is 2. The fraction of sp³-hybridized carbons (Fsp3) is 0.263. The Bertz CT molecular complexity index is 977. The van der Waals surface area contributed by atoms with Crippen LogP contribution < -0.4 is 15.6 Å². The molecule has 28 heavy (non-hydrogen) atoms. The van der Waals surface area contributed by atoms with Crippen molar-refractivity contribution in [2.75, 3.05) is 17.4 Å². The lowest BCUT2D eigenvalue weighted by atomic mass is 10.1. The highest BCUT2D eigenvalue weighted by Crippen LogP contribution is 2.31. The summed E-state index contributed by atoms with van der Waals surface area (Å²) in [6.07, 6.45) is 2.01. The monoisotopic (exact) mass is 419 g/mol. The zero-order valence-corrected chi connectivity index (χ0v) is 17.1. The van der Waals surface area contributed by atoms with Gasteiger partial charge in [-0.1, -0.05) is 23.2 Å². The van der Waals surface area contributed by atoms with Gasteiger partial charge in [0.05, 0.1) is 16.3 Å². The van der Waals surface area contributed by atoms with E-state index in [1.165, 1.54) is 18.1 Å². The molecule has 0 fully saturated rings. The molecule has 2 amide bonds. The second-order valence-corrected chi connectivity index (χ2v) is 7.27. The molecule has 146 valence electrons. The summed E-state index contributed by atoms with van der Waals surface area (Å²) < 4.78 is 0. The Hall–Kier alpha value is -2.64. The molecule has 0 bridgehead atoms. The zero-order valence-electron chi connectivity index (χ0n) is 15.6. The summed E-state index contributed by atoms with van der Waals surface area (Å²) in [4.78, 5) is 29.6. The number of aryl methyl sites for hydroxylation is 1. The first-order valence-corrected chi connectivity index (χ1v) is 9.34. The molecule has 2 heterocycles. The number of nitrogens with one attached hydrogen (secondary N) is 2. The van der Waals surface area contributed by atoms with Gasteiger partial charge in [0.2, 0.25) is 5.91 Å². The van der Waals surface area contributed by atoms with Crippen LogP contribution >= 0.6 is 23.2 Å². The van der Waals surface area contributed by atoms with E-state index in [0.717, 1.165) is 5.71 Å². The Morgan fingerprint density at radius 3 is 2.68 bits per heavy atom. The van der Waals surface area contributed by atoms with Gasteiger partial charge in [-0.2, -0.15) is 5.10 Å². The molecule has 2 N–H and O–H groups in total. The Morgan fingerprint density at radius 2 is 2.00 bits per heavy atom. The van der Waals surface area contributed by atoms with E-state index in [1.54, 1.807) is 31.3 Å². The van der Waals surface area contributed by atoms with Crippen LogP contribution in [0.4, 0.5) is 11.5 Å². The van der Waals surface area contributed by atoms with Crippen LogP contribution in [0.15, 0.2) is 35.6 Å². The van der Waals surface area contributed by atoms with Gasteiger partial charge in [-0.15, -0.1) is 0 Å². The molecule has 0 spiro atoms. The van der Waals surface area contributed by atoms with Crippen LogP contribution in [0, 0.1) is 6.92 Å². The minimum atomic E-state index is -0.639. The van der Waals surface area contributed by atoms with Gasteiger partial charge < -0.3 is 10.6 Å². The maximum Gasteiger partial charge on any atom is 0.253 e. The summed E-state index contributed by atoms with van der Waals surface area (Å²) in [6.45, 7) is 3.61. The van der Waals surface area contributed by atoms with E-state index in [1.807, 2.05) is 6.92 Å². The van der Waals surface area contributed by atoms with Crippen molar-refractivity contribution >= 4 is 52.2 Å². The number of pyridine rings is 1. The van der Waals surface area contributed by atoms with Crippen molar-refractivity contribution in [3.05, 3.63) is 51.6 Å². The number of aromatic nitrogens is 1. The maximum absolute atomic E-state index is 13.1. The average molecular weight is 420 g/mol. The topological polar surface area (TPSA) is 86.7 Å². The predicted octanol–water partition coefficient (Wildman–Crippen LogP) is 3.65. The summed E-state index contributed by atoms with van der Waals surface area (Å²) in [5.74, 6) is -0.261. The first kappa shape index (κ1) is 20.1. The molecule has 1 aliphatic rings. The van der Waals surface area contributed by atoms with Gasteiger partial charge in [0.1, 0.15) is 6.04 Å². The SMILES string of the molecule is CNC(=O)c1cc(Cl)cc(C)c1NC(=O)C1CC(C)=NN1c1ncccc1Cl. The molecule has 3 rings (SSSR count). The van der Waals surface area contributed by atoms with Gasteiger partial charge in [-0.05, 0) is 43.7 Å². The number of hydrazone groups is 1. The van der Waals surface area contributed by atoms with E-state index in [0.29, 0.717) is 39.1 Å². The normalized spacial score (nSPS) is 16.0. The van der Waals surface area contributed by atoms with Gasteiger partial charge >= 0.3 is 0 Å². The second-order valence-electron chi connectivity index (χ2n) is 6.42. The number of benzene rings is 1. The molecule has 0 radical (unpaired) electrons. The van der Waals surface area contributed by atoms with Crippen LogP contribution in [0.3, 0.4) is 0 Å². The third-order valence-corrected chi connectivity index (χ3v) is 4.85. The molecule has 7 nitrogen and oxygen atoms in total. The summed E-state index contributed by atoms with van der Waals surface area (Å²) in [5.41, 5.74) is 2.16. The van der Waals surface area contributed by atoms with E-state index >= 15 is 0 Å². The minimum Gasteiger partial charge on any atom is -0.355 e. The molecule has 1 aliphatic heterocycles. The molecule has 1 atom stereocenters. The molecule has 0 aliphatic carbocycles. The zero-order chi connectivity index (χ0) is 20.4. The Labute approximate surface area is 172 Å². The number of carbonyl (C=O) groups is 2. The van der Waals surface area contributed by atoms with Crippen molar-refractivity contribution in [2.45, 2.75) is 26.3 Å². The molecule has 1 aromatic carbocycles. The van der Waals surface area contributed by atoms with Gasteiger partial charge in [0.15, 0.2) is 5.82 Å². The van der Waals surface area contributed by atoms with Crippen LogP contribution in [0.1, 0.15) is 29.3 Å². The van der Waals surface area contributed by atoms with Crippen LogP contribution in [0.5, 0.6) is 0 Å². The van der Waals surface area contributed by atoms with Crippen LogP contribution in [-0.2, 0) is 4.79 Å². The molecular weight excluding hydrogens is 401 g/mol. The van der Waals surface area contributed by atoms with Gasteiger partial charge in [0, 0.05) is 30.4 Å². The van der Waals surface area contributed by atoms with E-state index in [4.69, 9.17) is 23.2 Å². The smallest absolute Gasteiger partial charge is 0.253 e. The third kappa shape index (κ3) is 3.95. The van der Waals surface area contributed by atoms with Crippen molar-refractivity contribution in [1.82, 2.24) is 10.3 Å². The van der Waals surface area contributed by atoms with Crippen molar-refractivity contribution < 1.29 is 9.59 Å². The Morgan fingerprint density at radius 1 is 1.25 bits per heavy atom. The third-order valence-electron chi connectivity index (χ3n) is 4.34. The van der Waals surface area contributed by atoms with Crippen LogP contribution in [0.2, 0.25) is 10.0 Å². The minimum absolute atomic E-state index is 0.291. The first-order chi connectivity index (χ1) is 13.3. The molecule has 2 aromatic rings. The number of nitrogens with zero attached hydrogens (tertiary/aromatic N) is 3. The number of halogens is 2. The number of amides is 2. The van der Waals surface area contributed by atoms with Gasteiger partial charge in [0.25, 0.3) is 5.91 Å². The highest BCUT2D eigenvalue weighted by Gasteiger charge is 2.34. The fourth-order valence-electron chi connectivity index (χ4n) is 3.03. The number of hydrogen-bond acceptors (Lipinski definition) is 5. The predicted molar refractivity (Wildman–Crippen MR) is 111 cm³/mol. The number of carbonyl (C=O) groups excluding carboxylic acids is 2. The summed E-state index contributed by atoms with van der Waals surface area (Å²) in [7, 11) is 1.52. The molecular formula is C19H19Cl2N5O2. The van der Waals surface area contributed by atoms with Gasteiger partial charge in [-0.25, -0.2) is 9.99 Å². The first-order valence-electron chi connectivity index (χ1n) is 8.58. The van der Waals surface area contributed by atoms with Gasteiger partial charge in [-0.3, -0.25) is 9.59 Å². The lowest BCUT2D eigenvalue weighted by Crippen LogP contribution is -2.39. The quantitative estimate of drug-likeness (QED) is 0.791. The second kappa shape index (κ2) is 8.16. The lowest BCUT2D eigenvalue weighted by Gasteiger charge is -2.23. The van der Waals surface area contributed by atoms with Crippen molar-refractivity contribution in [2.24, 2.45) is 5.10 Å². The van der Waals surface area contributed by atoms with E-state index < -0.39 is 6.04 Å². The highest BCUT2D eigenvalue weighted by molar-refractivity contribution is 6.33. The van der Waals surface area contributed by atoms with E-state index in [-0.39, 0.29) is 11.8 Å². The summed E-state index contributed by atoms with van der Waals surface area (Å²) >= 11 is 12.3. The molecule has 0 saturated carbocycles. The maximum atomic E-state index is 13.1. The van der Waals surface area contributed by atoms with E-state index in [2.05, 4.69) is 20.7 Å². The molecule has 1 aromatic heterocycles. The molecule has 0 saturated heterocycles. The standard InChI is InChI=1S/C19H19Cl2N5O2/c1-10-7-12(20)9-13(18(27)22-3)16(10)24-19(28)15-8-11(2)25-26(15)17-14(21)5-4-6-23-17/h4-7,9,15H,8H2,1-3H3,(H,22,27)(H,24,28). The lowest BCUT2D eigenvalue weighted by molar-refractivity contribution is -0.117. The molecule has 1 unspecified atom stereocenters. The van der Waals surface area contributed by atoms with Crippen molar-refractivity contribution in [3.63, 3.8) is 0 Å². The largest absolute Gasteiger partial charge is 0.355 e. The number of rotatable bonds is 4. The Kier molecular flexibility index (Phi) is 5.86. The molecule has 9 heteroatoms. The average Bonchev–Trinajstić information content (AvgIpc) is 3.05.